The van der Waals surface area contributed by atoms with Gasteiger partial charge in [-0.15, -0.1) is 0 Å². The second kappa shape index (κ2) is 10.8. The first-order chi connectivity index (χ1) is 14.0. The van der Waals surface area contributed by atoms with Crippen LogP contribution in [-0.2, 0) is 4.79 Å². The van der Waals surface area contributed by atoms with Gasteiger partial charge < -0.3 is 20.4 Å². The van der Waals surface area contributed by atoms with Gasteiger partial charge in [0.2, 0.25) is 0 Å². The predicted molar refractivity (Wildman–Crippen MR) is 105 cm³/mol. The monoisotopic (exact) mass is 426 g/mol. The van der Waals surface area contributed by atoms with E-state index in [-0.39, 0.29) is 11.5 Å². The molecule has 2 rings (SSSR count). The lowest BCUT2D eigenvalue weighted by molar-refractivity contribution is -0.192. The summed E-state index contributed by atoms with van der Waals surface area (Å²) >= 11 is 0. The summed E-state index contributed by atoms with van der Waals surface area (Å²) in [5.74, 6) is -4.04. The Morgan fingerprint density at radius 2 is 1.47 bits per heavy atom. The zero-order valence-corrected chi connectivity index (χ0v) is 16.2. The summed E-state index contributed by atoms with van der Waals surface area (Å²) in [5.41, 5.74) is 1.98. The summed E-state index contributed by atoms with van der Waals surface area (Å²) in [7, 11) is 0. The van der Waals surface area contributed by atoms with E-state index in [0.29, 0.717) is 11.3 Å². The molecule has 0 fully saturated rings. The first-order valence-corrected chi connectivity index (χ1v) is 8.80. The number of aliphatic carboxylic acids is 1. The number of alkyl halides is 3. The van der Waals surface area contributed by atoms with E-state index in [1.165, 1.54) is 6.07 Å². The SMILES string of the molecule is CCN(CC)c1ccc(C(=O)O)cc1NC(=O)c1ccccc1.O=C(O)C(F)(F)F. The van der Waals surface area contributed by atoms with Gasteiger partial charge >= 0.3 is 18.1 Å². The van der Waals surface area contributed by atoms with Crippen molar-refractivity contribution in [1.29, 1.82) is 0 Å². The van der Waals surface area contributed by atoms with Crippen molar-refractivity contribution in [2.24, 2.45) is 0 Å². The molecule has 0 saturated carbocycles. The van der Waals surface area contributed by atoms with Crippen LogP contribution in [0.5, 0.6) is 0 Å². The lowest BCUT2D eigenvalue weighted by Gasteiger charge is -2.24. The Balaban J connectivity index is 0.000000553. The van der Waals surface area contributed by atoms with Crippen LogP contribution in [0.1, 0.15) is 34.6 Å². The number of hydrogen-bond donors (Lipinski definition) is 3. The van der Waals surface area contributed by atoms with Gasteiger partial charge in [-0.3, -0.25) is 4.79 Å². The zero-order valence-electron chi connectivity index (χ0n) is 16.2. The Morgan fingerprint density at radius 1 is 0.933 bits per heavy atom. The second-order valence-corrected chi connectivity index (χ2v) is 5.83. The number of aromatic carboxylic acids is 1. The molecule has 10 heteroatoms. The summed E-state index contributed by atoms with van der Waals surface area (Å²) in [5, 5.41) is 19.1. The number of amides is 1. The van der Waals surface area contributed by atoms with Crippen LogP contribution < -0.4 is 10.2 Å². The number of carboxylic acids is 2. The summed E-state index contributed by atoms with van der Waals surface area (Å²) < 4.78 is 31.7. The fraction of sp³-hybridized carbons (Fsp3) is 0.250. The van der Waals surface area contributed by atoms with Crippen LogP contribution in [0.3, 0.4) is 0 Å². The Morgan fingerprint density at radius 3 is 1.90 bits per heavy atom. The maximum atomic E-state index is 12.4. The quantitative estimate of drug-likeness (QED) is 0.642. The molecule has 0 bridgehead atoms. The van der Waals surface area contributed by atoms with Gasteiger partial charge in [-0.05, 0) is 44.2 Å². The molecule has 0 aliphatic carbocycles. The largest absolute Gasteiger partial charge is 0.490 e. The highest BCUT2D eigenvalue weighted by atomic mass is 19.4. The Kier molecular flexibility index (Phi) is 8.85. The molecule has 1 amide bonds. The molecule has 2 aromatic rings. The van der Waals surface area contributed by atoms with Crippen molar-refractivity contribution in [1.82, 2.24) is 0 Å². The number of carbonyl (C=O) groups excluding carboxylic acids is 1. The van der Waals surface area contributed by atoms with E-state index >= 15 is 0 Å². The summed E-state index contributed by atoms with van der Waals surface area (Å²) in [6.07, 6.45) is -5.08. The summed E-state index contributed by atoms with van der Waals surface area (Å²) in [4.78, 5) is 34.5. The van der Waals surface area contributed by atoms with E-state index in [4.69, 9.17) is 9.90 Å². The number of carboxylic acid groups (broad SMARTS) is 2. The van der Waals surface area contributed by atoms with Gasteiger partial charge in [0.05, 0.1) is 16.9 Å². The lowest BCUT2D eigenvalue weighted by Crippen LogP contribution is -2.24. The van der Waals surface area contributed by atoms with Crippen molar-refractivity contribution in [3.8, 4) is 0 Å². The van der Waals surface area contributed by atoms with Gasteiger partial charge in [0.25, 0.3) is 5.91 Å². The second-order valence-electron chi connectivity index (χ2n) is 5.83. The molecule has 7 nitrogen and oxygen atoms in total. The molecule has 2 aromatic carbocycles. The standard InChI is InChI=1S/C18H20N2O3.C2HF3O2/c1-3-20(4-2)16-11-10-14(18(22)23)12-15(16)19-17(21)13-8-6-5-7-9-13;3-2(4,5)1(6)7/h5-12H,3-4H2,1-2H3,(H,19,21)(H,22,23);(H,6,7). The molecule has 0 aliphatic rings. The van der Waals surface area contributed by atoms with Crippen molar-refractivity contribution in [2.45, 2.75) is 20.0 Å². The van der Waals surface area contributed by atoms with Gasteiger partial charge in [-0.1, -0.05) is 18.2 Å². The minimum Gasteiger partial charge on any atom is -0.478 e. The average molecular weight is 426 g/mol. The summed E-state index contributed by atoms with van der Waals surface area (Å²) in [6, 6.07) is 13.6. The molecular formula is C20H21F3N2O5. The van der Waals surface area contributed by atoms with Crippen LogP contribution >= 0.6 is 0 Å². The van der Waals surface area contributed by atoms with Gasteiger partial charge in [0.1, 0.15) is 0 Å². The maximum Gasteiger partial charge on any atom is 0.490 e. The Labute approximate surface area is 170 Å². The van der Waals surface area contributed by atoms with E-state index in [9.17, 15) is 27.9 Å². The zero-order chi connectivity index (χ0) is 22.9. The van der Waals surface area contributed by atoms with Gasteiger partial charge in [0.15, 0.2) is 0 Å². The highest BCUT2D eigenvalue weighted by Crippen LogP contribution is 2.28. The minimum absolute atomic E-state index is 0.143. The number of carbonyl (C=O) groups is 3. The molecule has 0 heterocycles. The molecule has 0 saturated heterocycles. The van der Waals surface area contributed by atoms with Crippen molar-refractivity contribution in [3.05, 3.63) is 59.7 Å². The normalized spacial score (nSPS) is 10.4. The van der Waals surface area contributed by atoms with Crippen LogP contribution in [0.25, 0.3) is 0 Å². The first-order valence-electron chi connectivity index (χ1n) is 8.80. The number of nitrogens with zero attached hydrogens (tertiary/aromatic N) is 1. The molecule has 0 radical (unpaired) electrons. The van der Waals surface area contributed by atoms with E-state index < -0.39 is 18.1 Å². The van der Waals surface area contributed by atoms with Crippen molar-refractivity contribution >= 4 is 29.2 Å². The molecule has 3 N–H and O–H groups in total. The molecule has 162 valence electrons. The fourth-order valence-corrected chi connectivity index (χ4v) is 2.39. The van der Waals surface area contributed by atoms with E-state index in [1.54, 1.807) is 36.4 Å². The smallest absolute Gasteiger partial charge is 0.478 e. The third kappa shape index (κ3) is 7.12. The number of rotatable bonds is 6. The molecule has 0 spiro atoms. The van der Waals surface area contributed by atoms with Gasteiger partial charge in [-0.2, -0.15) is 13.2 Å². The third-order valence-electron chi connectivity index (χ3n) is 3.87. The molecule has 0 atom stereocenters. The average Bonchev–Trinajstić information content (AvgIpc) is 2.70. The fourth-order valence-electron chi connectivity index (χ4n) is 2.39. The van der Waals surface area contributed by atoms with E-state index in [2.05, 4.69) is 10.2 Å². The van der Waals surface area contributed by atoms with Gasteiger partial charge in [-0.25, -0.2) is 9.59 Å². The first kappa shape index (κ1) is 24.5. The molecule has 30 heavy (non-hydrogen) atoms. The Hall–Kier alpha value is -3.56. The van der Waals surface area contributed by atoms with Crippen molar-refractivity contribution in [2.75, 3.05) is 23.3 Å². The van der Waals surface area contributed by atoms with Crippen LogP contribution in [0.4, 0.5) is 24.5 Å². The van der Waals surface area contributed by atoms with Crippen LogP contribution in [0.15, 0.2) is 48.5 Å². The molecule has 0 unspecified atom stereocenters. The maximum absolute atomic E-state index is 12.4. The number of halogens is 3. The molecule has 0 aromatic heterocycles. The van der Waals surface area contributed by atoms with E-state index in [0.717, 1.165) is 18.8 Å². The van der Waals surface area contributed by atoms with Crippen LogP contribution in [0.2, 0.25) is 0 Å². The number of benzene rings is 2. The minimum atomic E-state index is -5.08. The lowest BCUT2D eigenvalue weighted by atomic mass is 10.1. The van der Waals surface area contributed by atoms with Gasteiger partial charge in [0, 0.05) is 18.7 Å². The van der Waals surface area contributed by atoms with Crippen LogP contribution in [0, 0.1) is 0 Å². The highest BCUT2D eigenvalue weighted by Gasteiger charge is 2.38. The number of nitrogens with one attached hydrogen (secondary N) is 1. The van der Waals surface area contributed by atoms with Crippen molar-refractivity contribution in [3.63, 3.8) is 0 Å². The third-order valence-corrected chi connectivity index (χ3v) is 3.87. The predicted octanol–water partition coefficient (Wildman–Crippen LogP) is 4.12. The topological polar surface area (TPSA) is 107 Å². The number of anilines is 2. The van der Waals surface area contributed by atoms with E-state index in [1.807, 2.05) is 19.9 Å². The van der Waals surface area contributed by atoms with Crippen molar-refractivity contribution < 1.29 is 37.8 Å². The Bertz CT molecular complexity index is 882. The molecular weight excluding hydrogens is 405 g/mol. The van der Waals surface area contributed by atoms with Crippen LogP contribution in [-0.4, -0.2) is 47.3 Å². The highest BCUT2D eigenvalue weighted by molar-refractivity contribution is 6.06. The number of hydrogen-bond acceptors (Lipinski definition) is 4. The molecule has 0 aliphatic heterocycles. The summed E-state index contributed by atoms with van der Waals surface area (Å²) in [6.45, 7) is 5.54.